The lowest BCUT2D eigenvalue weighted by Crippen LogP contribution is -2.44. The van der Waals surface area contributed by atoms with Crippen molar-refractivity contribution >= 4 is 11.9 Å². The van der Waals surface area contributed by atoms with Gasteiger partial charge in [-0.2, -0.15) is 0 Å². The highest BCUT2D eigenvalue weighted by Crippen LogP contribution is 2.21. The molecule has 25 heavy (non-hydrogen) atoms. The molecular formula is C18H22FN3O3. The fourth-order valence-corrected chi connectivity index (χ4v) is 2.41. The van der Waals surface area contributed by atoms with Crippen molar-refractivity contribution in [1.82, 2.24) is 16.0 Å². The summed E-state index contributed by atoms with van der Waals surface area (Å²) in [5.74, 6) is 0.0184. The van der Waals surface area contributed by atoms with Gasteiger partial charge < -0.3 is 15.1 Å². The number of urea groups is 1. The predicted octanol–water partition coefficient (Wildman–Crippen LogP) is 2.73. The molecule has 0 radical (unpaired) electrons. The fraction of sp³-hybridized carbons (Fsp3) is 0.333. The Bertz CT molecular complexity index is 684. The van der Waals surface area contributed by atoms with Gasteiger partial charge in [0.05, 0.1) is 19.4 Å². The van der Waals surface area contributed by atoms with E-state index >= 15 is 0 Å². The first-order valence-corrected chi connectivity index (χ1v) is 8.04. The average Bonchev–Trinajstić information content (AvgIpc) is 3.08. The summed E-state index contributed by atoms with van der Waals surface area (Å²) in [5.41, 5.74) is 0.881. The lowest BCUT2D eigenvalue weighted by Gasteiger charge is -2.22. The van der Waals surface area contributed by atoms with Crippen molar-refractivity contribution in [2.24, 2.45) is 5.92 Å². The van der Waals surface area contributed by atoms with E-state index in [1.54, 1.807) is 24.3 Å². The molecule has 1 aromatic carbocycles. The van der Waals surface area contributed by atoms with E-state index in [2.05, 4.69) is 16.0 Å². The Morgan fingerprint density at radius 2 is 1.88 bits per heavy atom. The third-order valence-corrected chi connectivity index (χ3v) is 3.63. The molecular weight excluding hydrogens is 325 g/mol. The SMILES string of the molecule is CC(C)[C@@H](NCC(=O)NC(=O)NCc1ccco1)c1ccc(F)cc1. The molecule has 0 aliphatic rings. The second-order valence-electron chi connectivity index (χ2n) is 5.96. The number of carbonyl (C=O) groups excluding carboxylic acids is 2. The molecule has 1 aromatic heterocycles. The predicted molar refractivity (Wildman–Crippen MR) is 91.1 cm³/mol. The highest BCUT2D eigenvalue weighted by Gasteiger charge is 2.17. The van der Waals surface area contributed by atoms with Crippen molar-refractivity contribution in [3.63, 3.8) is 0 Å². The number of benzene rings is 1. The molecule has 0 fully saturated rings. The van der Waals surface area contributed by atoms with Crippen molar-refractivity contribution in [3.05, 3.63) is 59.8 Å². The second-order valence-corrected chi connectivity index (χ2v) is 5.96. The van der Waals surface area contributed by atoms with Crippen molar-refractivity contribution in [1.29, 1.82) is 0 Å². The van der Waals surface area contributed by atoms with Gasteiger partial charge in [-0.05, 0) is 35.7 Å². The summed E-state index contributed by atoms with van der Waals surface area (Å²) in [4.78, 5) is 23.6. The zero-order valence-electron chi connectivity index (χ0n) is 14.2. The molecule has 2 rings (SSSR count). The van der Waals surface area contributed by atoms with Crippen LogP contribution in [-0.4, -0.2) is 18.5 Å². The van der Waals surface area contributed by atoms with Crippen LogP contribution in [0.4, 0.5) is 9.18 Å². The lowest BCUT2D eigenvalue weighted by atomic mass is 9.96. The standard InChI is InChI=1S/C18H22FN3O3/c1-12(2)17(13-5-7-14(19)8-6-13)20-11-16(23)22-18(24)21-10-15-4-3-9-25-15/h3-9,12,17,20H,10-11H2,1-2H3,(H2,21,22,23,24)/t17-/m1/s1. The maximum Gasteiger partial charge on any atom is 0.321 e. The molecule has 0 aliphatic carbocycles. The number of carbonyl (C=O) groups is 2. The Balaban J connectivity index is 1.80. The summed E-state index contributed by atoms with van der Waals surface area (Å²) in [6.45, 7) is 4.15. The van der Waals surface area contributed by atoms with E-state index in [4.69, 9.17) is 4.42 Å². The maximum atomic E-state index is 13.0. The van der Waals surface area contributed by atoms with Gasteiger partial charge in [0, 0.05) is 6.04 Å². The molecule has 0 aliphatic heterocycles. The van der Waals surface area contributed by atoms with Crippen LogP contribution in [0.3, 0.4) is 0 Å². The molecule has 134 valence electrons. The zero-order chi connectivity index (χ0) is 18.2. The molecule has 6 nitrogen and oxygen atoms in total. The molecule has 7 heteroatoms. The van der Waals surface area contributed by atoms with Gasteiger partial charge in [0.1, 0.15) is 11.6 Å². The molecule has 2 aromatic rings. The molecule has 0 saturated heterocycles. The maximum absolute atomic E-state index is 13.0. The van der Waals surface area contributed by atoms with Crippen LogP contribution in [-0.2, 0) is 11.3 Å². The van der Waals surface area contributed by atoms with Crippen LogP contribution in [0, 0.1) is 11.7 Å². The molecule has 0 spiro atoms. The molecule has 3 amide bonds. The van der Waals surface area contributed by atoms with Crippen LogP contribution in [0.5, 0.6) is 0 Å². The molecule has 0 saturated carbocycles. The monoisotopic (exact) mass is 347 g/mol. The van der Waals surface area contributed by atoms with Gasteiger partial charge in [-0.15, -0.1) is 0 Å². The van der Waals surface area contributed by atoms with Gasteiger partial charge in [0.2, 0.25) is 5.91 Å². The third kappa shape index (κ3) is 6.04. The van der Waals surface area contributed by atoms with Gasteiger partial charge in [-0.25, -0.2) is 9.18 Å². The summed E-state index contributed by atoms with van der Waals surface area (Å²) in [7, 11) is 0. The normalized spacial score (nSPS) is 12.0. The van der Waals surface area contributed by atoms with Gasteiger partial charge in [-0.3, -0.25) is 10.1 Å². The van der Waals surface area contributed by atoms with Gasteiger partial charge in [0.25, 0.3) is 0 Å². The summed E-state index contributed by atoms with van der Waals surface area (Å²) in [6, 6.07) is 8.85. The van der Waals surface area contributed by atoms with Crippen LogP contribution < -0.4 is 16.0 Å². The van der Waals surface area contributed by atoms with E-state index in [-0.39, 0.29) is 30.9 Å². The number of hydrogen-bond acceptors (Lipinski definition) is 4. The molecule has 0 unspecified atom stereocenters. The highest BCUT2D eigenvalue weighted by molar-refractivity contribution is 5.95. The summed E-state index contributed by atoms with van der Waals surface area (Å²) in [6.07, 6.45) is 1.51. The van der Waals surface area contributed by atoms with Crippen molar-refractivity contribution in [2.45, 2.75) is 26.4 Å². The van der Waals surface area contributed by atoms with E-state index in [9.17, 15) is 14.0 Å². The van der Waals surface area contributed by atoms with Gasteiger partial charge in [0.15, 0.2) is 0 Å². The van der Waals surface area contributed by atoms with E-state index in [1.165, 1.54) is 18.4 Å². The Labute approximate surface area is 145 Å². The van der Waals surface area contributed by atoms with Crippen LogP contribution in [0.25, 0.3) is 0 Å². The lowest BCUT2D eigenvalue weighted by molar-refractivity contribution is -0.119. The summed E-state index contributed by atoms with van der Waals surface area (Å²) < 4.78 is 18.1. The van der Waals surface area contributed by atoms with E-state index in [0.29, 0.717) is 5.76 Å². The number of imide groups is 1. The van der Waals surface area contributed by atoms with E-state index in [0.717, 1.165) is 5.56 Å². The van der Waals surface area contributed by atoms with Crippen molar-refractivity contribution < 1.29 is 18.4 Å². The number of hydrogen-bond donors (Lipinski definition) is 3. The minimum Gasteiger partial charge on any atom is -0.467 e. The highest BCUT2D eigenvalue weighted by atomic mass is 19.1. The number of rotatable bonds is 7. The van der Waals surface area contributed by atoms with Crippen LogP contribution >= 0.6 is 0 Å². The van der Waals surface area contributed by atoms with E-state index < -0.39 is 11.9 Å². The molecule has 1 heterocycles. The van der Waals surface area contributed by atoms with Gasteiger partial charge in [-0.1, -0.05) is 26.0 Å². The van der Waals surface area contributed by atoms with E-state index in [1.807, 2.05) is 13.8 Å². The Kier molecular flexibility index (Phi) is 6.71. The topological polar surface area (TPSA) is 83.4 Å². The quantitative estimate of drug-likeness (QED) is 0.719. The first-order valence-electron chi connectivity index (χ1n) is 8.04. The minimum atomic E-state index is -0.592. The first-order chi connectivity index (χ1) is 12.0. The zero-order valence-corrected chi connectivity index (χ0v) is 14.2. The molecule has 0 bridgehead atoms. The van der Waals surface area contributed by atoms with Gasteiger partial charge >= 0.3 is 6.03 Å². The minimum absolute atomic E-state index is 0.0333. The average molecular weight is 347 g/mol. The Hall–Kier alpha value is -2.67. The first kappa shape index (κ1) is 18.7. The molecule has 3 N–H and O–H groups in total. The summed E-state index contributed by atoms with van der Waals surface area (Å²) in [5, 5.41) is 7.87. The second kappa shape index (κ2) is 8.98. The van der Waals surface area contributed by atoms with Crippen LogP contribution in [0.15, 0.2) is 47.1 Å². The largest absolute Gasteiger partial charge is 0.467 e. The third-order valence-electron chi connectivity index (χ3n) is 3.63. The van der Waals surface area contributed by atoms with Crippen molar-refractivity contribution in [2.75, 3.05) is 6.54 Å². The summed E-state index contributed by atoms with van der Waals surface area (Å²) >= 11 is 0. The number of furan rings is 1. The Morgan fingerprint density at radius 1 is 1.16 bits per heavy atom. The smallest absolute Gasteiger partial charge is 0.321 e. The number of amides is 3. The fourth-order valence-electron chi connectivity index (χ4n) is 2.41. The number of halogens is 1. The van der Waals surface area contributed by atoms with Crippen LogP contribution in [0.2, 0.25) is 0 Å². The van der Waals surface area contributed by atoms with Crippen molar-refractivity contribution in [3.8, 4) is 0 Å². The molecule has 1 atom stereocenters. The van der Waals surface area contributed by atoms with Crippen LogP contribution in [0.1, 0.15) is 31.2 Å². The Morgan fingerprint density at radius 3 is 2.48 bits per heavy atom. The number of nitrogens with one attached hydrogen (secondary N) is 3.